The van der Waals surface area contributed by atoms with Gasteiger partial charge in [-0.15, -0.1) is 0 Å². The summed E-state index contributed by atoms with van der Waals surface area (Å²) in [6.07, 6.45) is 0.677. The Morgan fingerprint density at radius 2 is 2.16 bits per heavy atom. The van der Waals surface area contributed by atoms with E-state index in [4.69, 9.17) is 5.73 Å². The van der Waals surface area contributed by atoms with E-state index in [0.29, 0.717) is 6.42 Å². The predicted octanol–water partition coefficient (Wildman–Crippen LogP) is 2.19. The van der Waals surface area contributed by atoms with Crippen molar-refractivity contribution in [2.24, 2.45) is 5.73 Å². The number of benzene rings is 1. The lowest BCUT2D eigenvalue weighted by molar-refractivity contribution is -0.387. The van der Waals surface area contributed by atoms with E-state index >= 15 is 0 Å². The molecule has 3 N–H and O–H groups in total. The lowest BCUT2D eigenvalue weighted by Crippen LogP contribution is -2.33. The zero-order valence-corrected chi connectivity index (χ0v) is 10.8. The number of nitrogens with two attached hydrogens (primary N) is 1. The van der Waals surface area contributed by atoms with Crippen LogP contribution in [-0.4, -0.2) is 16.4 Å². The Morgan fingerprint density at radius 3 is 2.63 bits per heavy atom. The lowest BCUT2D eigenvalue weighted by atomic mass is 10.00. The number of halogens is 1. The van der Waals surface area contributed by atoms with E-state index in [1.807, 2.05) is 0 Å². The van der Waals surface area contributed by atoms with Crippen LogP contribution in [0.25, 0.3) is 0 Å². The average molecular weight is 269 g/mol. The van der Waals surface area contributed by atoms with E-state index in [9.17, 15) is 19.3 Å². The maximum Gasteiger partial charge on any atom is 0.304 e. The van der Waals surface area contributed by atoms with Crippen LogP contribution in [-0.2, 0) is 4.79 Å². The van der Waals surface area contributed by atoms with Crippen molar-refractivity contribution in [2.75, 3.05) is 5.32 Å². The fourth-order valence-corrected chi connectivity index (χ4v) is 1.39. The Hall–Kier alpha value is -2.02. The third kappa shape index (κ3) is 5.01. The molecule has 0 atom stereocenters. The van der Waals surface area contributed by atoms with Gasteiger partial charge >= 0.3 is 5.69 Å². The third-order valence-corrected chi connectivity index (χ3v) is 2.42. The van der Waals surface area contributed by atoms with Crippen molar-refractivity contribution < 1.29 is 14.1 Å². The van der Waals surface area contributed by atoms with Crippen LogP contribution in [0.15, 0.2) is 18.2 Å². The van der Waals surface area contributed by atoms with Crippen LogP contribution in [0.4, 0.5) is 15.8 Å². The molecular formula is C12H16FN3O3. The normalized spacial score (nSPS) is 11.2. The molecule has 7 heteroatoms. The van der Waals surface area contributed by atoms with E-state index in [0.717, 1.165) is 12.1 Å². The second-order valence-electron chi connectivity index (χ2n) is 4.96. The number of nitrogens with one attached hydrogen (secondary N) is 1. The van der Waals surface area contributed by atoms with E-state index in [2.05, 4.69) is 5.32 Å². The number of hydrogen-bond acceptors (Lipinski definition) is 4. The number of rotatable bonds is 5. The fourth-order valence-electron chi connectivity index (χ4n) is 1.39. The number of carbonyl (C=O) groups is 1. The highest BCUT2D eigenvalue weighted by molar-refractivity contribution is 5.90. The quantitative estimate of drug-likeness (QED) is 0.632. The van der Waals surface area contributed by atoms with Gasteiger partial charge in [-0.25, -0.2) is 0 Å². The molecule has 0 aliphatic carbocycles. The van der Waals surface area contributed by atoms with Crippen LogP contribution in [0.1, 0.15) is 26.7 Å². The summed E-state index contributed by atoms with van der Waals surface area (Å²) in [6, 6.07) is 3.22. The van der Waals surface area contributed by atoms with Crippen molar-refractivity contribution in [3.05, 3.63) is 34.1 Å². The summed E-state index contributed by atoms with van der Waals surface area (Å²) in [7, 11) is 0. The highest BCUT2D eigenvalue weighted by Gasteiger charge is 2.16. The summed E-state index contributed by atoms with van der Waals surface area (Å²) < 4.78 is 13.3. The molecule has 1 amide bonds. The first-order chi connectivity index (χ1) is 8.69. The third-order valence-electron chi connectivity index (χ3n) is 2.42. The molecule has 19 heavy (non-hydrogen) atoms. The molecular weight excluding hydrogens is 253 g/mol. The van der Waals surface area contributed by atoms with Crippen LogP contribution in [0, 0.1) is 15.9 Å². The standard InChI is InChI=1S/C12H16FN3O3/c1-12(2,14)6-5-11(17)15-8-3-4-10(16(18)19)9(13)7-8/h3-4,7H,5-6,14H2,1-2H3,(H,15,17). The number of nitro benzene ring substituents is 1. The second kappa shape index (κ2) is 5.75. The zero-order valence-electron chi connectivity index (χ0n) is 10.8. The van der Waals surface area contributed by atoms with Gasteiger partial charge in [0, 0.05) is 29.8 Å². The van der Waals surface area contributed by atoms with E-state index < -0.39 is 22.0 Å². The molecule has 0 saturated heterocycles. The van der Waals surface area contributed by atoms with E-state index in [1.165, 1.54) is 6.07 Å². The highest BCUT2D eigenvalue weighted by atomic mass is 19.1. The number of anilines is 1. The van der Waals surface area contributed by atoms with Crippen LogP contribution in [0.2, 0.25) is 0 Å². The topological polar surface area (TPSA) is 98.3 Å². The molecule has 0 aliphatic rings. The molecule has 0 spiro atoms. The van der Waals surface area contributed by atoms with E-state index in [-0.39, 0.29) is 18.0 Å². The molecule has 0 bridgehead atoms. The van der Waals surface area contributed by atoms with Gasteiger partial charge in [0.15, 0.2) is 0 Å². The lowest BCUT2D eigenvalue weighted by Gasteiger charge is -2.17. The molecule has 0 unspecified atom stereocenters. The number of nitro groups is 1. The zero-order chi connectivity index (χ0) is 14.6. The first-order valence-electron chi connectivity index (χ1n) is 5.72. The molecule has 1 aromatic carbocycles. The number of hydrogen-bond donors (Lipinski definition) is 2. The van der Waals surface area contributed by atoms with Crippen molar-refractivity contribution in [2.45, 2.75) is 32.2 Å². The summed E-state index contributed by atoms with van der Waals surface area (Å²) in [5.41, 5.74) is 4.84. The molecule has 0 saturated carbocycles. The molecule has 0 fully saturated rings. The van der Waals surface area contributed by atoms with Gasteiger partial charge in [-0.05, 0) is 26.3 Å². The minimum Gasteiger partial charge on any atom is -0.326 e. The Kier molecular flexibility index (Phi) is 4.55. The molecule has 104 valence electrons. The van der Waals surface area contributed by atoms with Crippen molar-refractivity contribution in [1.29, 1.82) is 0 Å². The predicted molar refractivity (Wildman–Crippen MR) is 69.2 cm³/mol. The summed E-state index contributed by atoms with van der Waals surface area (Å²) in [5.74, 6) is -1.30. The minimum atomic E-state index is -0.984. The van der Waals surface area contributed by atoms with Gasteiger partial charge in [-0.3, -0.25) is 14.9 Å². The summed E-state index contributed by atoms with van der Waals surface area (Å²) in [4.78, 5) is 21.2. The molecule has 0 radical (unpaired) electrons. The van der Waals surface area contributed by atoms with Gasteiger partial charge in [-0.1, -0.05) is 0 Å². The molecule has 6 nitrogen and oxygen atoms in total. The van der Waals surface area contributed by atoms with Crippen LogP contribution < -0.4 is 11.1 Å². The number of amides is 1. The number of nitrogens with zero attached hydrogens (tertiary/aromatic N) is 1. The summed E-state index contributed by atoms with van der Waals surface area (Å²) >= 11 is 0. The van der Waals surface area contributed by atoms with Crippen LogP contribution >= 0.6 is 0 Å². The van der Waals surface area contributed by atoms with Crippen LogP contribution in [0.3, 0.4) is 0 Å². The summed E-state index contributed by atoms with van der Waals surface area (Å²) in [5, 5.41) is 12.9. The van der Waals surface area contributed by atoms with Crippen molar-refractivity contribution in [3.63, 3.8) is 0 Å². The van der Waals surface area contributed by atoms with Gasteiger partial charge in [0.25, 0.3) is 0 Å². The van der Waals surface area contributed by atoms with Crippen LogP contribution in [0.5, 0.6) is 0 Å². The first-order valence-corrected chi connectivity index (χ1v) is 5.72. The second-order valence-corrected chi connectivity index (χ2v) is 4.96. The van der Waals surface area contributed by atoms with Gasteiger partial charge < -0.3 is 11.1 Å². The summed E-state index contributed by atoms with van der Waals surface area (Å²) in [6.45, 7) is 3.59. The Bertz CT molecular complexity index is 497. The Morgan fingerprint density at radius 1 is 1.53 bits per heavy atom. The van der Waals surface area contributed by atoms with Gasteiger partial charge in [0.2, 0.25) is 11.7 Å². The number of carbonyl (C=O) groups excluding carboxylic acids is 1. The maximum absolute atomic E-state index is 13.3. The fraction of sp³-hybridized carbons (Fsp3) is 0.417. The van der Waals surface area contributed by atoms with Gasteiger partial charge in [0.05, 0.1) is 4.92 Å². The Balaban J connectivity index is 2.65. The molecule has 1 aromatic rings. The Labute approximate surface area is 109 Å². The van der Waals surface area contributed by atoms with E-state index in [1.54, 1.807) is 13.8 Å². The molecule has 0 heterocycles. The van der Waals surface area contributed by atoms with Crippen molar-refractivity contribution in [3.8, 4) is 0 Å². The van der Waals surface area contributed by atoms with Crippen molar-refractivity contribution in [1.82, 2.24) is 0 Å². The SMILES string of the molecule is CC(C)(N)CCC(=O)Nc1ccc([N+](=O)[O-])c(F)c1. The van der Waals surface area contributed by atoms with Crippen molar-refractivity contribution >= 4 is 17.3 Å². The van der Waals surface area contributed by atoms with Gasteiger partial charge in [-0.2, -0.15) is 4.39 Å². The highest BCUT2D eigenvalue weighted by Crippen LogP contribution is 2.21. The molecule has 0 aliphatic heterocycles. The van der Waals surface area contributed by atoms with Gasteiger partial charge in [0.1, 0.15) is 0 Å². The minimum absolute atomic E-state index is 0.183. The molecule has 1 rings (SSSR count). The smallest absolute Gasteiger partial charge is 0.304 e. The average Bonchev–Trinajstić information content (AvgIpc) is 2.25. The largest absolute Gasteiger partial charge is 0.326 e. The first kappa shape index (κ1) is 15.0. The molecule has 0 aromatic heterocycles. The monoisotopic (exact) mass is 269 g/mol. The maximum atomic E-state index is 13.3.